The molecular formula is C18H20ClN3O5S. The van der Waals surface area contributed by atoms with E-state index in [4.69, 9.17) is 22.1 Å². The lowest BCUT2D eigenvalue weighted by atomic mass is 10.2. The van der Waals surface area contributed by atoms with E-state index in [1.54, 1.807) is 6.92 Å². The molecule has 2 amide bonds. The molecule has 0 unspecified atom stereocenters. The molecular weight excluding hydrogens is 406 g/mol. The number of carbonyl (C=O) groups is 2. The molecule has 0 saturated heterocycles. The van der Waals surface area contributed by atoms with E-state index in [-0.39, 0.29) is 9.92 Å². The SMILES string of the molecule is CCOc1ccc(S(=O)(=O)N[C@@H](C)C(=O)Nc2ccc(C(N)=O)cc2)cc1Cl. The molecule has 10 heteroatoms. The molecule has 0 aliphatic carbocycles. The van der Waals surface area contributed by atoms with Gasteiger partial charge >= 0.3 is 0 Å². The Bertz CT molecular complexity index is 977. The molecule has 2 aromatic carbocycles. The maximum Gasteiger partial charge on any atom is 0.248 e. The highest BCUT2D eigenvalue weighted by molar-refractivity contribution is 7.89. The topological polar surface area (TPSA) is 128 Å². The summed E-state index contributed by atoms with van der Waals surface area (Å²) in [4.78, 5) is 23.2. The monoisotopic (exact) mass is 425 g/mol. The molecule has 0 radical (unpaired) electrons. The molecule has 0 heterocycles. The van der Waals surface area contributed by atoms with E-state index >= 15 is 0 Å². The highest BCUT2D eigenvalue weighted by atomic mass is 35.5. The second-order valence-corrected chi connectivity index (χ2v) is 7.92. The van der Waals surface area contributed by atoms with Gasteiger partial charge in [-0.3, -0.25) is 9.59 Å². The Labute approximate surface area is 168 Å². The summed E-state index contributed by atoms with van der Waals surface area (Å²) in [5.74, 6) is -0.797. The molecule has 4 N–H and O–H groups in total. The molecule has 0 aromatic heterocycles. The fourth-order valence-electron chi connectivity index (χ4n) is 2.24. The Kier molecular flexibility index (Phi) is 7.00. The molecule has 0 spiro atoms. The van der Waals surface area contributed by atoms with Crippen LogP contribution in [-0.4, -0.2) is 32.9 Å². The van der Waals surface area contributed by atoms with Crippen LogP contribution >= 0.6 is 11.6 Å². The second-order valence-electron chi connectivity index (χ2n) is 5.80. The third-order valence-electron chi connectivity index (χ3n) is 3.68. The van der Waals surface area contributed by atoms with Gasteiger partial charge in [-0.25, -0.2) is 8.42 Å². The van der Waals surface area contributed by atoms with Crippen molar-refractivity contribution in [3.8, 4) is 5.75 Å². The zero-order chi connectivity index (χ0) is 20.9. The van der Waals surface area contributed by atoms with E-state index < -0.39 is 27.9 Å². The number of hydrogen-bond donors (Lipinski definition) is 3. The molecule has 28 heavy (non-hydrogen) atoms. The molecule has 0 aliphatic rings. The zero-order valence-electron chi connectivity index (χ0n) is 15.2. The van der Waals surface area contributed by atoms with Crippen LogP contribution in [0.5, 0.6) is 5.75 Å². The minimum absolute atomic E-state index is 0.0913. The molecule has 2 rings (SSSR count). The summed E-state index contributed by atoms with van der Waals surface area (Å²) in [6.07, 6.45) is 0. The number of sulfonamides is 1. The van der Waals surface area contributed by atoms with E-state index in [9.17, 15) is 18.0 Å². The highest BCUT2D eigenvalue weighted by Gasteiger charge is 2.23. The molecule has 0 saturated carbocycles. The third-order valence-corrected chi connectivity index (χ3v) is 5.51. The molecule has 2 aromatic rings. The van der Waals surface area contributed by atoms with Gasteiger partial charge in [-0.15, -0.1) is 0 Å². The number of hydrogen-bond acceptors (Lipinski definition) is 5. The van der Waals surface area contributed by atoms with Gasteiger partial charge in [0, 0.05) is 11.3 Å². The number of amides is 2. The number of ether oxygens (including phenoxy) is 1. The Morgan fingerprint density at radius 3 is 2.36 bits per heavy atom. The van der Waals surface area contributed by atoms with Gasteiger partial charge in [0.15, 0.2) is 0 Å². The fraction of sp³-hybridized carbons (Fsp3) is 0.222. The Balaban J connectivity index is 2.07. The first-order chi connectivity index (χ1) is 13.1. The van der Waals surface area contributed by atoms with Gasteiger partial charge < -0.3 is 15.8 Å². The standard InChI is InChI=1S/C18H20ClN3O5S/c1-3-27-16-9-8-14(10-15(16)19)28(25,26)22-11(2)18(24)21-13-6-4-12(5-7-13)17(20)23/h4-11,22H,3H2,1-2H3,(H2,20,23)(H,21,24)/t11-/m0/s1. The van der Waals surface area contributed by atoms with Crippen molar-refractivity contribution in [1.82, 2.24) is 4.72 Å². The van der Waals surface area contributed by atoms with Crippen LogP contribution in [0, 0.1) is 0 Å². The van der Waals surface area contributed by atoms with Gasteiger partial charge in [0.05, 0.1) is 22.6 Å². The molecule has 0 fully saturated rings. The predicted octanol–water partition coefficient (Wildman–Crippen LogP) is 2.14. The van der Waals surface area contributed by atoms with Crippen molar-refractivity contribution in [2.45, 2.75) is 24.8 Å². The maximum absolute atomic E-state index is 12.5. The predicted molar refractivity (Wildman–Crippen MR) is 106 cm³/mol. The third kappa shape index (κ3) is 5.44. The van der Waals surface area contributed by atoms with Crippen LogP contribution in [0.2, 0.25) is 5.02 Å². The van der Waals surface area contributed by atoms with E-state index in [2.05, 4.69) is 10.0 Å². The Morgan fingerprint density at radius 2 is 1.82 bits per heavy atom. The van der Waals surface area contributed by atoms with E-state index in [0.717, 1.165) is 0 Å². The smallest absolute Gasteiger partial charge is 0.248 e. The number of anilines is 1. The first-order valence-corrected chi connectivity index (χ1v) is 10.2. The fourth-order valence-corrected chi connectivity index (χ4v) is 3.77. The van der Waals surface area contributed by atoms with Gasteiger partial charge in [-0.2, -0.15) is 4.72 Å². The number of nitrogens with one attached hydrogen (secondary N) is 2. The summed E-state index contributed by atoms with van der Waals surface area (Å²) >= 11 is 6.03. The van der Waals surface area contributed by atoms with E-state index in [1.165, 1.54) is 49.4 Å². The van der Waals surface area contributed by atoms with Crippen LogP contribution in [0.1, 0.15) is 24.2 Å². The average Bonchev–Trinajstić information content (AvgIpc) is 2.63. The first-order valence-electron chi connectivity index (χ1n) is 8.29. The van der Waals surface area contributed by atoms with Crippen LogP contribution < -0.4 is 20.5 Å². The molecule has 150 valence electrons. The Morgan fingerprint density at radius 1 is 1.18 bits per heavy atom. The minimum Gasteiger partial charge on any atom is -0.492 e. The number of benzene rings is 2. The largest absolute Gasteiger partial charge is 0.492 e. The summed E-state index contributed by atoms with van der Waals surface area (Å²) in [7, 11) is -3.98. The maximum atomic E-state index is 12.5. The van der Waals surface area contributed by atoms with Gasteiger partial charge in [0.25, 0.3) is 0 Å². The summed E-state index contributed by atoms with van der Waals surface area (Å²) in [6.45, 7) is 3.58. The van der Waals surface area contributed by atoms with Gasteiger partial charge in [-0.1, -0.05) is 11.6 Å². The van der Waals surface area contributed by atoms with Crippen molar-refractivity contribution in [2.75, 3.05) is 11.9 Å². The van der Waals surface area contributed by atoms with Gasteiger partial charge in [0.2, 0.25) is 21.8 Å². The van der Waals surface area contributed by atoms with Crippen LogP contribution in [0.25, 0.3) is 0 Å². The normalized spacial score (nSPS) is 12.2. The molecule has 0 bridgehead atoms. The van der Waals surface area contributed by atoms with Crippen LogP contribution in [0.4, 0.5) is 5.69 Å². The Hall–Kier alpha value is -2.62. The van der Waals surface area contributed by atoms with E-state index in [0.29, 0.717) is 23.6 Å². The van der Waals surface area contributed by atoms with Crippen LogP contribution in [-0.2, 0) is 14.8 Å². The number of halogens is 1. The minimum atomic E-state index is -3.98. The summed E-state index contributed by atoms with van der Waals surface area (Å²) in [5.41, 5.74) is 5.84. The lowest BCUT2D eigenvalue weighted by Gasteiger charge is -2.15. The van der Waals surface area contributed by atoms with Crippen molar-refractivity contribution >= 4 is 39.1 Å². The first kappa shape index (κ1) is 21.7. The number of rotatable bonds is 8. The second kappa shape index (κ2) is 9.05. The summed E-state index contributed by atoms with van der Waals surface area (Å²) < 4.78 is 32.6. The zero-order valence-corrected chi connectivity index (χ0v) is 16.8. The van der Waals surface area contributed by atoms with Crippen LogP contribution in [0.3, 0.4) is 0 Å². The van der Waals surface area contributed by atoms with Crippen molar-refractivity contribution in [3.63, 3.8) is 0 Å². The van der Waals surface area contributed by atoms with Gasteiger partial charge in [-0.05, 0) is 56.3 Å². The van der Waals surface area contributed by atoms with Crippen molar-refractivity contribution in [3.05, 3.63) is 53.1 Å². The van der Waals surface area contributed by atoms with Crippen LogP contribution in [0.15, 0.2) is 47.4 Å². The number of primary amides is 1. The molecule has 8 nitrogen and oxygen atoms in total. The summed E-state index contributed by atoms with van der Waals surface area (Å²) in [6, 6.07) is 8.87. The van der Waals surface area contributed by atoms with Gasteiger partial charge in [0.1, 0.15) is 5.75 Å². The van der Waals surface area contributed by atoms with E-state index in [1.807, 2.05) is 0 Å². The quantitative estimate of drug-likeness (QED) is 0.597. The summed E-state index contributed by atoms with van der Waals surface area (Å²) in [5, 5.41) is 2.70. The number of carbonyl (C=O) groups excluding carboxylic acids is 2. The van der Waals surface area contributed by atoms with Crippen molar-refractivity contribution < 1.29 is 22.7 Å². The highest BCUT2D eigenvalue weighted by Crippen LogP contribution is 2.27. The lowest BCUT2D eigenvalue weighted by molar-refractivity contribution is -0.117. The number of nitrogens with two attached hydrogens (primary N) is 1. The molecule has 1 atom stereocenters. The van der Waals surface area contributed by atoms with Crippen molar-refractivity contribution in [1.29, 1.82) is 0 Å². The molecule has 0 aliphatic heterocycles. The lowest BCUT2D eigenvalue weighted by Crippen LogP contribution is -2.41. The average molecular weight is 426 g/mol. The van der Waals surface area contributed by atoms with Crippen molar-refractivity contribution in [2.24, 2.45) is 5.73 Å².